The molecular formula is C24H23N5O3S. The van der Waals surface area contributed by atoms with Gasteiger partial charge in [0.25, 0.3) is 0 Å². The summed E-state index contributed by atoms with van der Waals surface area (Å²) in [4.78, 5) is 32.3. The Balaban J connectivity index is 1.49. The van der Waals surface area contributed by atoms with Crippen LogP contribution in [0.5, 0.6) is 0 Å². The molecule has 5 rings (SSSR count). The second-order valence-electron chi connectivity index (χ2n) is 7.87. The van der Waals surface area contributed by atoms with E-state index in [2.05, 4.69) is 20.5 Å². The molecule has 0 saturated heterocycles. The number of rotatable bonds is 7. The minimum absolute atomic E-state index is 0.0870. The molecule has 8 nitrogen and oxygen atoms in total. The van der Waals surface area contributed by atoms with Gasteiger partial charge in [0.05, 0.1) is 18.7 Å². The Bertz CT molecular complexity index is 1190. The predicted molar refractivity (Wildman–Crippen MR) is 124 cm³/mol. The van der Waals surface area contributed by atoms with Crippen molar-refractivity contribution in [1.29, 1.82) is 0 Å². The quantitative estimate of drug-likeness (QED) is 0.409. The fourth-order valence-electron chi connectivity index (χ4n) is 3.96. The first-order valence-electron chi connectivity index (χ1n) is 10.7. The number of nitrogens with zero attached hydrogens (tertiary/aromatic N) is 3. The molecule has 0 spiro atoms. The number of hydrogen-bond acceptors (Lipinski definition) is 6. The van der Waals surface area contributed by atoms with Crippen molar-refractivity contribution >= 4 is 23.8 Å². The predicted octanol–water partition coefficient (Wildman–Crippen LogP) is 3.92. The van der Waals surface area contributed by atoms with E-state index in [1.54, 1.807) is 4.90 Å². The molecule has 2 amide bonds. The van der Waals surface area contributed by atoms with Crippen molar-refractivity contribution in [2.45, 2.75) is 30.1 Å². The van der Waals surface area contributed by atoms with E-state index < -0.39 is 12.0 Å². The molecule has 3 aromatic rings. The number of hydrogen-bond donors (Lipinski definition) is 2. The molecule has 1 aromatic heterocycles. The number of carbonyl (C=O) groups excluding carboxylic acids is 2. The SMILES string of the molecule is COC(=O)C1=C(CSc2n[nH]c(-c3ccccc3)n2)N(C2CC2)C(=O)NC1c1ccccc1. The maximum atomic E-state index is 13.1. The van der Waals surface area contributed by atoms with Gasteiger partial charge in [0, 0.05) is 23.1 Å². The lowest BCUT2D eigenvalue weighted by Gasteiger charge is -2.36. The Labute approximate surface area is 195 Å². The van der Waals surface area contributed by atoms with E-state index in [0.717, 1.165) is 24.0 Å². The number of nitrogens with one attached hydrogen (secondary N) is 2. The van der Waals surface area contributed by atoms with Gasteiger partial charge >= 0.3 is 12.0 Å². The Kier molecular flexibility index (Phi) is 5.87. The zero-order chi connectivity index (χ0) is 22.8. The van der Waals surface area contributed by atoms with E-state index >= 15 is 0 Å². The molecule has 168 valence electrons. The topological polar surface area (TPSA) is 100 Å². The number of urea groups is 1. The number of methoxy groups -OCH3 is 1. The lowest BCUT2D eigenvalue weighted by Crippen LogP contribution is -2.50. The zero-order valence-electron chi connectivity index (χ0n) is 18.0. The lowest BCUT2D eigenvalue weighted by atomic mass is 9.95. The van der Waals surface area contributed by atoms with Gasteiger partial charge in [-0.2, -0.15) is 0 Å². The smallest absolute Gasteiger partial charge is 0.338 e. The first kappa shape index (κ1) is 21.3. The molecule has 1 aliphatic carbocycles. The van der Waals surface area contributed by atoms with Crippen LogP contribution in [0.2, 0.25) is 0 Å². The normalized spacial score (nSPS) is 18.3. The monoisotopic (exact) mass is 461 g/mol. The van der Waals surface area contributed by atoms with Crippen molar-refractivity contribution in [3.05, 3.63) is 77.5 Å². The maximum Gasteiger partial charge on any atom is 0.338 e. The highest BCUT2D eigenvalue weighted by Crippen LogP contribution is 2.39. The average molecular weight is 462 g/mol. The highest BCUT2D eigenvalue weighted by Gasteiger charge is 2.44. The van der Waals surface area contributed by atoms with E-state index in [4.69, 9.17) is 4.74 Å². The molecule has 33 heavy (non-hydrogen) atoms. The first-order valence-corrected chi connectivity index (χ1v) is 11.7. The molecule has 2 N–H and O–H groups in total. The molecule has 1 fully saturated rings. The zero-order valence-corrected chi connectivity index (χ0v) is 18.8. The second-order valence-corrected chi connectivity index (χ2v) is 8.81. The molecule has 1 atom stereocenters. The van der Waals surface area contributed by atoms with Gasteiger partial charge in [0.1, 0.15) is 0 Å². The molecule has 0 radical (unpaired) electrons. The molecule has 1 aliphatic heterocycles. The Hall–Kier alpha value is -3.59. The molecule has 2 aliphatic rings. The van der Waals surface area contributed by atoms with Gasteiger partial charge in [0.2, 0.25) is 5.16 Å². The van der Waals surface area contributed by atoms with Crippen LogP contribution in [0.1, 0.15) is 24.4 Å². The Morgan fingerprint density at radius 2 is 1.82 bits per heavy atom. The number of esters is 1. The highest BCUT2D eigenvalue weighted by molar-refractivity contribution is 7.99. The lowest BCUT2D eigenvalue weighted by molar-refractivity contribution is -0.136. The first-order chi connectivity index (χ1) is 16.2. The Morgan fingerprint density at radius 1 is 1.12 bits per heavy atom. The number of thioether (sulfide) groups is 1. The third-order valence-electron chi connectivity index (χ3n) is 5.68. The number of benzene rings is 2. The van der Waals surface area contributed by atoms with Crippen molar-refractivity contribution in [3.8, 4) is 11.4 Å². The van der Waals surface area contributed by atoms with Gasteiger partial charge in [-0.25, -0.2) is 14.6 Å². The van der Waals surface area contributed by atoms with Crippen molar-refractivity contribution in [2.75, 3.05) is 12.9 Å². The van der Waals surface area contributed by atoms with Crippen molar-refractivity contribution in [2.24, 2.45) is 0 Å². The van der Waals surface area contributed by atoms with E-state index in [9.17, 15) is 9.59 Å². The van der Waals surface area contributed by atoms with Crippen LogP contribution >= 0.6 is 11.8 Å². The molecule has 2 heterocycles. The number of amides is 2. The number of carbonyl (C=O) groups is 2. The van der Waals surface area contributed by atoms with Crippen LogP contribution < -0.4 is 5.32 Å². The minimum atomic E-state index is -0.580. The van der Waals surface area contributed by atoms with Gasteiger partial charge in [-0.15, -0.1) is 5.10 Å². The largest absolute Gasteiger partial charge is 0.466 e. The summed E-state index contributed by atoms with van der Waals surface area (Å²) in [6.07, 6.45) is 1.82. The summed E-state index contributed by atoms with van der Waals surface area (Å²) in [6, 6.07) is 18.5. The maximum absolute atomic E-state index is 13.1. The van der Waals surface area contributed by atoms with Crippen LogP contribution in [0.15, 0.2) is 77.1 Å². The number of aromatic amines is 1. The average Bonchev–Trinajstić information content (AvgIpc) is 3.58. The summed E-state index contributed by atoms with van der Waals surface area (Å²) in [7, 11) is 1.36. The number of H-pyrrole nitrogens is 1. The van der Waals surface area contributed by atoms with Gasteiger partial charge in [-0.05, 0) is 18.4 Å². The van der Waals surface area contributed by atoms with Crippen LogP contribution in [0.25, 0.3) is 11.4 Å². The van der Waals surface area contributed by atoms with E-state index in [1.165, 1.54) is 18.9 Å². The molecule has 1 unspecified atom stereocenters. The summed E-state index contributed by atoms with van der Waals surface area (Å²) < 4.78 is 5.15. The van der Waals surface area contributed by atoms with Gasteiger partial charge in [0.15, 0.2) is 5.82 Å². The van der Waals surface area contributed by atoms with Crippen LogP contribution in [0.4, 0.5) is 4.79 Å². The minimum Gasteiger partial charge on any atom is -0.466 e. The van der Waals surface area contributed by atoms with Crippen molar-refractivity contribution < 1.29 is 14.3 Å². The van der Waals surface area contributed by atoms with Crippen LogP contribution in [0.3, 0.4) is 0 Å². The third-order valence-corrected chi connectivity index (χ3v) is 6.54. The standard InChI is InChI=1S/C24H23N5O3S/c1-32-22(30)19-18(14-33-23-26-21(27-28-23)16-10-6-3-7-11-16)29(17-12-13-17)24(31)25-20(19)15-8-4-2-5-9-15/h2-11,17,20H,12-14H2,1H3,(H,25,31)(H,26,27,28). The fourth-order valence-corrected chi connectivity index (χ4v) is 4.79. The number of ether oxygens (including phenoxy) is 1. The van der Waals surface area contributed by atoms with Crippen molar-refractivity contribution in [1.82, 2.24) is 25.4 Å². The van der Waals surface area contributed by atoms with E-state index in [0.29, 0.717) is 28.0 Å². The highest BCUT2D eigenvalue weighted by atomic mass is 32.2. The van der Waals surface area contributed by atoms with Crippen molar-refractivity contribution in [3.63, 3.8) is 0 Å². The molecule has 2 aromatic carbocycles. The van der Waals surface area contributed by atoms with Crippen LogP contribution in [-0.4, -0.2) is 51.0 Å². The van der Waals surface area contributed by atoms with Gasteiger partial charge in [-0.3, -0.25) is 10.00 Å². The summed E-state index contributed by atoms with van der Waals surface area (Å²) in [6.45, 7) is 0. The third kappa shape index (κ3) is 4.36. The molecular weight excluding hydrogens is 438 g/mol. The summed E-state index contributed by atoms with van der Waals surface area (Å²) in [5, 5.41) is 10.8. The summed E-state index contributed by atoms with van der Waals surface area (Å²) >= 11 is 1.38. The second kappa shape index (κ2) is 9.11. The summed E-state index contributed by atoms with van der Waals surface area (Å²) in [5.74, 6) is 0.581. The van der Waals surface area contributed by atoms with E-state index in [1.807, 2.05) is 60.7 Å². The van der Waals surface area contributed by atoms with Gasteiger partial charge < -0.3 is 10.1 Å². The molecule has 9 heteroatoms. The fraction of sp³-hybridized carbons (Fsp3) is 0.250. The van der Waals surface area contributed by atoms with Crippen LogP contribution in [-0.2, 0) is 9.53 Å². The molecule has 1 saturated carbocycles. The van der Waals surface area contributed by atoms with E-state index in [-0.39, 0.29) is 12.1 Å². The number of aromatic nitrogens is 3. The van der Waals surface area contributed by atoms with Crippen LogP contribution in [0, 0.1) is 0 Å². The molecule has 0 bridgehead atoms. The summed E-state index contributed by atoms with van der Waals surface area (Å²) in [5.41, 5.74) is 2.86. The Morgan fingerprint density at radius 3 is 2.48 bits per heavy atom. The van der Waals surface area contributed by atoms with Gasteiger partial charge in [-0.1, -0.05) is 72.4 Å².